The topological polar surface area (TPSA) is 35.5 Å². The molecular formula is C24H41O3P. The molecule has 1 heterocycles. The Labute approximate surface area is 175 Å². The summed E-state index contributed by atoms with van der Waals surface area (Å²) in [5.41, 5.74) is 0.121. The van der Waals surface area contributed by atoms with Gasteiger partial charge in [-0.2, -0.15) is 0 Å². The van der Waals surface area contributed by atoms with Gasteiger partial charge in [-0.05, 0) is 50.5 Å². The van der Waals surface area contributed by atoms with E-state index < -0.39 is 0 Å². The molecule has 0 N–H and O–H groups in total. The van der Waals surface area contributed by atoms with Gasteiger partial charge in [0.2, 0.25) is 0 Å². The molecule has 4 heteroatoms. The van der Waals surface area contributed by atoms with E-state index in [-0.39, 0.29) is 16.2 Å². The number of benzene rings is 1. The Kier molecular flexibility index (Phi) is 11.1. The van der Waals surface area contributed by atoms with Gasteiger partial charge in [0.15, 0.2) is 17.0 Å². The Bertz CT molecular complexity index is 589. The molecule has 2 atom stereocenters. The molecule has 160 valence electrons. The summed E-state index contributed by atoms with van der Waals surface area (Å²) in [7, 11) is 3.71. The molecule has 3 nitrogen and oxygen atoms in total. The molecule has 2 unspecified atom stereocenters. The molecule has 1 aromatic carbocycles. The highest BCUT2D eigenvalue weighted by Gasteiger charge is 2.57. The van der Waals surface area contributed by atoms with Gasteiger partial charge in [-0.25, -0.2) is 0 Å². The second kappa shape index (κ2) is 11.6. The first kappa shape index (κ1) is 26.7. The number of ether oxygens (including phenoxy) is 2. The van der Waals surface area contributed by atoms with Crippen LogP contribution in [0.5, 0.6) is 11.5 Å². The fourth-order valence-corrected chi connectivity index (χ4v) is 6.10. The van der Waals surface area contributed by atoms with E-state index >= 15 is 0 Å². The molecule has 28 heavy (non-hydrogen) atoms. The molecule has 1 fully saturated rings. The molecule has 2 rings (SSSR count). The summed E-state index contributed by atoms with van der Waals surface area (Å²) >= 11 is 0. The molecule has 0 amide bonds. The van der Waals surface area contributed by atoms with Gasteiger partial charge in [-0.3, -0.25) is 4.79 Å². The van der Waals surface area contributed by atoms with Crippen LogP contribution in [-0.2, 0) is 4.79 Å². The molecule has 1 aliphatic heterocycles. The monoisotopic (exact) mass is 408 g/mol. The Morgan fingerprint density at radius 3 is 1.93 bits per heavy atom. The number of methoxy groups -OCH3 is 2. The Hall–Kier alpha value is -1.34. The SMILES string of the molecule is C=CC1(C(C)(C)CC)C(=O)PCCC1(C)C.CC.COc1ccccc1OC. The Balaban J connectivity index is 0.000000520. The Morgan fingerprint density at radius 2 is 1.61 bits per heavy atom. The van der Waals surface area contributed by atoms with Crippen molar-refractivity contribution in [2.24, 2.45) is 16.2 Å². The van der Waals surface area contributed by atoms with Gasteiger partial charge in [-0.1, -0.05) is 66.7 Å². The van der Waals surface area contributed by atoms with Gasteiger partial charge in [-0.15, -0.1) is 6.58 Å². The van der Waals surface area contributed by atoms with Crippen LogP contribution in [0.1, 0.15) is 61.3 Å². The van der Waals surface area contributed by atoms with Gasteiger partial charge >= 0.3 is 0 Å². The molecular weight excluding hydrogens is 367 g/mol. The molecule has 1 aliphatic rings. The van der Waals surface area contributed by atoms with Crippen LogP contribution in [0.3, 0.4) is 0 Å². The lowest BCUT2D eigenvalue weighted by Gasteiger charge is -2.55. The third kappa shape index (κ3) is 5.38. The molecule has 0 aliphatic carbocycles. The van der Waals surface area contributed by atoms with Crippen molar-refractivity contribution in [2.45, 2.75) is 61.3 Å². The highest BCUT2D eigenvalue weighted by atomic mass is 31.1. The van der Waals surface area contributed by atoms with Crippen molar-refractivity contribution in [1.82, 2.24) is 0 Å². The first-order valence-corrected chi connectivity index (χ1v) is 11.4. The lowest BCUT2D eigenvalue weighted by Crippen LogP contribution is -2.53. The molecule has 0 bridgehead atoms. The number of hydrogen-bond acceptors (Lipinski definition) is 3. The van der Waals surface area contributed by atoms with Crippen molar-refractivity contribution in [1.29, 1.82) is 0 Å². The van der Waals surface area contributed by atoms with Crippen molar-refractivity contribution < 1.29 is 14.3 Å². The third-order valence-corrected chi connectivity index (χ3v) is 7.22. The van der Waals surface area contributed by atoms with Crippen LogP contribution < -0.4 is 9.47 Å². The quantitative estimate of drug-likeness (QED) is 0.390. The van der Waals surface area contributed by atoms with Gasteiger partial charge in [0.1, 0.15) is 0 Å². The van der Waals surface area contributed by atoms with Crippen LogP contribution in [0.4, 0.5) is 0 Å². The van der Waals surface area contributed by atoms with Crippen LogP contribution >= 0.6 is 8.58 Å². The second-order valence-electron chi connectivity index (χ2n) is 7.99. The van der Waals surface area contributed by atoms with Crippen LogP contribution in [-0.4, -0.2) is 25.9 Å². The van der Waals surface area contributed by atoms with Crippen molar-refractivity contribution in [3.8, 4) is 11.5 Å². The van der Waals surface area contributed by atoms with Crippen molar-refractivity contribution in [3.05, 3.63) is 36.9 Å². The van der Waals surface area contributed by atoms with Crippen LogP contribution in [0.15, 0.2) is 36.9 Å². The van der Waals surface area contributed by atoms with Gasteiger partial charge < -0.3 is 9.47 Å². The second-order valence-corrected chi connectivity index (χ2v) is 9.30. The molecule has 0 aromatic heterocycles. The number of carbonyl (C=O) groups is 1. The van der Waals surface area contributed by atoms with Crippen LogP contribution in [0, 0.1) is 16.2 Å². The van der Waals surface area contributed by atoms with Crippen molar-refractivity contribution in [3.63, 3.8) is 0 Å². The van der Waals surface area contributed by atoms with E-state index in [2.05, 4.69) is 41.2 Å². The predicted octanol–water partition coefficient (Wildman–Crippen LogP) is 6.96. The largest absolute Gasteiger partial charge is 0.493 e. The molecule has 0 spiro atoms. The predicted molar refractivity (Wildman–Crippen MR) is 124 cm³/mol. The zero-order chi connectivity index (χ0) is 22.0. The average Bonchev–Trinajstić information content (AvgIpc) is 2.69. The first-order chi connectivity index (χ1) is 13.1. The molecule has 0 saturated carbocycles. The maximum Gasteiger partial charge on any atom is 0.162 e. The summed E-state index contributed by atoms with van der Waals surface area (Å²) in [6.07, 6.45) is 5.15. The minimum Gasteiger partial charge on any atom is -0.493 e. The minimum atomic E-state index is -0.342. The van der Waals surface area contributed by atoms with E-state index in [1.54, 1.807) is 14.2 Å². The number of carbonyl (C=O) groups excluding carboxylic acids is 1. The maximum atomic E-state index is 12.5. The average molecular weight is 409 g/mol. The summed E-state index contributed by atoms with van der Waals surface area (Å²) in [6, 6.07) is 7.53. The number of allylic oxidation sites excluding steroid dienone is 1. The van der Waals surface area contributed by atoms with E-state index in [1.165, 1.54) is 0 Å². The molecule has 1 aromatic rings. The van der Waals surface area contributed by atoms with E-state index in [9.17, 15) is 4.79 Å². The first-order valence-electron chi connectivity index (χ1n) is 10.2. The lowest BCUT2D eigenvalue weighted by molar-refractivity contribution is -0.133. The summed E-state index contributed by atoms with van der Waals surface area (Å²) in [4.78, 5) is 12.5. The summed E-state index contributed by atoms with van der Waals surface area (Å²) < 4.78 is 10.0. The van der Waals surface area contributed by atoms with E-state index in [0.29, 0.717) is 14.1 Å². The highest BCUT2D eigenvalue weighted by Crippen LogP contribution is 2.61. The fourth-order valence-electron chi connectivity index (χ4n) is 4.07. The minimum absolute atomic E-state index is 0.00273. The molecule has 0 radical (unpaired) electrons. The highest BCUT2D eigenvalue weighted by molar-refractivity contribution is 7.58. The van der Waals surface area contributed by atoms with Crippen molar-refractivity contribution in [2.75, 3.05) is 20.4 Å². The van der Waals surface area contributed by atoms with Gasteiger partial charge in [0, 0.05) is 0 Å². The standard InChI is InChI=1S/C14H25OP.C8H10O2.C2H6/c1-7-12(3,4)14(8-2)11(15)16-10-9-13(14,5)6;1-9-7-5-3-4-6-8(7)10-2;1-2/h8,16H,2,7,9-10H2,1,3-6H3;3-6H,1-2H3;1-2H3. The lowest BCUT2D eigenvalue weighted by atomic mass is 9.51. The summed E-state index contributed by atoms with van der Waals surface area (Å²) in [6.45, 7) is 19.1. The smallest absolute Gasteiger partial charge is 0.162 e. The normalized spacial score (nSPS) is 21.5. The van der Waals surface area contributed by atoms with Crippen LogP contribution in [0.25, 0.3) is 0 Å². The Morgan fingerprint density at radius 1 is 1.14 bits per heavy atom. The number of hydrogen-bond donors (Lipinski definition) is 0. The van der Waals surface area contributed by atoms with E-state index in [1.807, 2.05) is 44.2 Å². The zero-order valence-corrected chi connectivity index (χ0v) is 20.4. The summed E-state index contributed by atoms with van der Waals surface area (Å²) in [5, 5.41) is 0. The number of para-hydroxylation sites is 2. The van der Waals surface area contributed by atoms with Crippen molar-refractivity contribution >= 4 is 14.1 Å². The molecule has 1 saturated heterocycles. The van der Waals surface area contributed by atoms with Gasteiger partial charge in [0.05, 0.1) is 19.6 Å². The van der Waals surface area contributed by atoms with Crippen LogP contribution in [0.2, 0.25) is 0 Å². The summed E-state index contributed by atoms with van der Waals surface area (Å²) in [5.74, 6) is 1.54. The van der Waals surface area contributed by atoms with Gasteiger partial charge in [0.25, 0.3) is 0 Å². The zero-order valence-electron chi connectivity index (χ0n) is 19.4. The fraction of sp³-hybridized carbons (Fsp3) is 0.625. The maximum absolute atomic E-state index is 12.5. The van der Waals surface area contributed by atoms with E-state index in [4.69, 9.17) is 9.47 Å². The third-order valence-electron chi connectivity index (χ3n) is 6.01. The number of rotatable bonds is 5. The van der Waals surface area contributed by atoms with E-state index in [0.717, 1.165) is 30.5 Å².